The summed E-state index contributed by atoms with van der Waals surface area (Å²) in [7, 11) is 0. The number of urea groups is 2. The summed E-state index contributed by atoms with van der Waals surface area (Å²) in [6.07, 6.45) is 9.65. The maximum atomic E-state index is 12.9. The molecule has 1 fully saturated rings. The molecule has 11 nitrogen and oxygen atoms in total. The summed E-state index contributed by atoms with van der Waals surface area (Å²) >= 11 is 0. The number of hydrogen-bond acceptors (Lipinski definition) is 6. The summed E-state index contributed by atoms with van der Waals surface area (Å²) in [5.41, 5.74) is 1.29. The van der Waals surface area contributed by atoms with Gasteiger partial charge >= 0.3 is 18.0 Å². The number of esters is 1. The third-order valence-electron chi connectivity index (χ3n) is 7.38. The first kappa shape index (κ1) is 33.4. The van der Waals surface area contributed by atoms with Crippen LogP contribution < -0.4 is 26.8 Å². The number of aryl methyl sites for hydroxylation is 1. The Balaban J connectivity index is 1.48. The van der Waals surface area contributed by atoms with Crippen molar-refractivity contribution in [2.75, 3.05) is 23.8 Å². The van der Waals surface area contributed by atoms with Crippen LogP contribution in [0.15, 0.2) is 41.2 Å². The Morgan fingerprint density at radius 3 is 2.49 bits per heavy atom. The van der Waals surface area contributed by atoms with Crippen LogP contribution in [0.5, 0.6) is 0 Å². The molecule has 4 amide bonds. The summed E-state index contributed by atoms with van der Waals surface area (Å²) < 4.78 is 5.22. The van der Waals surface area contributed by atoms with Gasteiger partial charge in [-0.15, -0.1) is 0 Å². The summed E-state index contributed by atoms with van der Waals surface area (Å²) in [6, 6.07) is 7.69. The molecular weight excluding hydrogens is 548 g/mol. The van der Waals surface area contributed by atoms with E-state index in [1.807, 2.05) is 12.1 Å². The van der Waals surface area contributed by atoms with E-state index in [2.05, 4.69) is 58.9 Å². The third kappa shape index (κ3) is 11.9. The number of carbonyl (C=O) groups excluding carboxylic acids is 3. The second-order valence-electron chi connectivity index (χ2n) is 12.6. The van der Waals surface area contributed by atoms with Crippen molar-refractivity contribution < 1.29 is 19.1 Å². The lowest BCUT2D eigenvalue weighted by atomic mass is 9.62. The van der Waals surface area contributed by atoms with Gasteiger partial charge in [0.25, 0.3) is 5.56 Å². The molecular formula is C32H46N6O5. The molecule has 0 bridgehead atoms. The quantitative estimate of drug-likeness (QED) is 0.120. The van der Waals surface area contributed by atoms with Crippen molar-refractivity contribution >= 4 is 35.7 Å². The number of nitrogens with one attached hydrogen (secondary N) is 5. The van der Waals surface area contributed by atoms with Gasteiger partial charge in [-0.05, 0) is 67.2 Å². The van der Waals surface area contributed by atoms with E-state index in [0.29, 0.717) is 31.0 Å². The first-order valence-electron chi connectivity index (χ1n) is 15.0. The maximum absolute atomic E-state index is 12.9. The van der Waals surface area contributed by atoms with Gasteiger partial charge in [-0.25, -0.2) is 19.4 Å². The summed E-state index contributed by atoms with van der Waals surface area (Å²) in [5, 5.41) is 11.5. The standard InChI is InChI=1S/C32H46N6O5/c1-6-7-8-9-16-43-27(40)15-12-23-10-13-24(14-11-23)35-30(42)36-25-18-31(3,4)20-32(5,19-25)21-33-29(41)38-28-34-22(2)17-26(39)37-28/h10-15,17,25H,6-9,16,18-21H2,1-5H3,(H2,35,36,42)(H3,33,34,37,38,39,41). The van der Waals surface area contributed by atoms with Crippen LogP contribution in [0.1, 0.15) is 83.9 Å². The number of H-pyrrole nitrogens is 1. The van der Waals surface area contributed by atoms with Crippen LogP contribution in [0.25, 0.3) is 6.08 Å². The van der Waals surface area contributed by atoms with Gasteiger partial charge in [-0.3, -0.25) is 15.1 Å². The Morgan fingerprint density at radius 2 is 1.79 bits per heavy atom. The Kier molecular flexibility index (Phi) is 11.9. The maximum Gasteiger partial charge on any atom is 0.330 e. The fourth-order valence-electron chi connectivity index (χ4n) is 5.90. The first-order chi connectivity index (χ1) is 20.3. The van der Waals surface area contributed by atoms with Gasteiger partial charge in [0, 0.05) is 36.1 Å². The molecule has 0 radical (unpaired) electrons. The summed E-state index contributed by atoms with van der Waals surface area (Å²) in [4.78, 5) is 55.6. The molecule has 1 heterocycles. The number of aromatic nitrogens is 2. The predicted molar refractivity (Wildman–Crippen MR) is 169 cm³/mol. The van der Waals surface area contributed by atoms with Crippen LogP contribution in [-0.4, -0.2) is 47.2 Å². The molecule has 0 saturated heterocycles. The lowest BCUT2D eigenvalue weighted by Crippen LogP contribution is -2.51. The number of benzene rings is 1. The van der Waals surface area contributed by atoms with Crippen LogP contribution in [0.3, 0.4) is 0 Å². The minimum atomic E-state index is -0.460. The molecule has 43 heavy (non-hydrogen) atoms. The molecule has 0 spiro atoms. The zero-order chi connectivity index (χ0) is 31.5. The van der Waals surface area contributed by atoms with Gasteiger partial charge in [-0.1, -0.05) is 59.1 Å². The molecule has 2 unspecified atom stereocenters. The van der Waals surface area contributed by atoms with Crippen molar-refractivity contribution in [3.05, 3.63) is 58.0 Å². The van der Waals surface area contributed by atoms with Crippen molar-refractivity contribution in [3.8, 4) is 0 Å². The van der Waals surface area contributed by atoms with Gasteiger partial charge in [0.05, 0.1) is 6.61 Å². The average Bonchev–Trinajstić information content (AvgIpc) is 2.90. The molecule has 1 aliphatic carbocycles. The number of aromatic amines is 1. The SMILES string of the molecule is CCCCCCOC(=O)C=Cc1ccc(NC(=O)NC2CC(C)(C)CC(C)(CNC(=O)Nc3nc(C)cc(=O)[nH]3)C2)cc1. The van der Waals surface area contributed by atoms with E-state index in [1.165, 1.54) is 12.1 Å². The number of rotatable bonds is 12. The molecule has 1 aliphatic rings. The average molecular weight is 595 g/mol. The number of amides is 4. The Hall–Kier alpha value is -4.15. The highest BCUT2D eigenvalue weighted by Gasteiger charge is 2.42. The zero-order valence-corrected chi connectivity index (χ0v) is 26.0. The molecule has 5 N–H and O–H groups in total. The van der Waals surface area contributed by atoms with Crippen molar-refractivity contribution in [3.63, 3.8) is 0 Å². The van der Waals surface area contributed by atoms with Crippen LogP contribution >= 0.6 is 0 Å². The van der Waals surface area contributed by atoms with Crippen molar-refractivity contribution in [2.24, 2.45) is 10.8 Å². The zero-order valence-electron chi connectivity index (χ0n) is 26.0. The molecule has 1 saturated carbocycles. The van der Waals surface area contributed by atoms with Gasteiger partial charge in [0.2, 0.25) is 5.95 Å². The molecule has 234 valence electrons. The number of unbranched alkanes of at least 4 members (excludes halogenated alkanes) is 3. The monoisotopic (exact) mass is 594 g/mol. The number of carbonyl (C=O) groups is 3. The minimum absolute atomic E-state index is 0.0585. The Morgan fingerprint density at radius 1 is 1.05 bits per heavy atom. The fourth-order valence-corrected chi connectivity index (χ4v) is 5.90. The van der Waals surface area contributed by atoms with Gasteiger partial charge in [-0.2, -0.15) is 0 Å². The van der Waals surface area contributed by atoms with Crippen LogP contribution in [0.2, 0.25) is 0 Å². The smallest absolute Gasteiger partial charge is 0.330 e. The normalized spacial score (nSPS) is 19.4. The summed E-state index contributed by atoms with van der Waals surface area (Å²) in [6.45, 7) is 11.1. The van der Waals surface area contributed by atoms with Gasteiger partial charge < -0.3 is 20.7 Å². The fraction of sp³-hybridized carbons (Fsp3) is 0.531. The van der Waals surface area contributed by atoms with E-state index in [1.54, 1.807) is 25.1 Å². The largest absolute Gasteiger partial charge is 0.463 e. The Bertz CT molecular complexity index is 1340. The summed E-state index contributed by atoms with van der Waals surface area (Å²) in [5.74, 6) is -0.275. The Labute approximate surface area is 253 Å². The molecule has 1 aromatic carbocycles. The van der Waals surface area contributed by atoms with Crippen molar-refractivity contribution in [1.29, 1.82) is 0 Å². The molecule has 11 heteroatoms. The van der Waals surface area contributed by atoms with Crippen LogP contribution in [0.4, 0.5) is 21.2 Å². The number of anilines is 2. The number of hydrogen-bond donors (Lipinski definition) is 5. The molecule has 3 rings (SSSR count). The first-order valence-corrected chi connectivity index (χ1v) is 15.0. The van der Waals surface area contributed by atoms with Crippen LogP contribution in [-0.2, 0) is 9.53 Å². The third-order valence-corrected chi connectivity index (χ3v) is 7.38. The molecule has 2 aromatic rings. The highest BCUT2D eigenvalue weighted by molar-refractivity contribution is 5.90. The van der Waals surface area contributed by atoms with E-state index in [4.69, 9.17) is 4.74 Å². The van der Waals surface area contributed by atoms with Gasteiger partial charge in [0.1, 0.15) is 0 Å². The molecule has 2 atom stereocenters. The second-order valence-corrected chi connectivity index (χ2v) is 12.6. The van der Waals surface area contributed by atoms with E-state index in [9.17, 15) is 19.2 Å². The van der Waals surface area contributed by atoms with Crippen molar-refractivity contribution in [2.45, 2.75) is 85.6 Å². The highest BCUT2D eigenvalue weighted by Crippen LogP contribution is 2.45. The molecule has 1 aromatic heterocycles. The number of ether oxygens (including phenoxy) is 1. The van der Waals surface area contributed by atoms with E-state index in [0.717, 1.165) is 44.1 Å². The van der Waals surface area contributed by atoms with E-state index in [-0.39, 0.29) is 40.4 Å². The van der Waals surface area contributed by atoms with E-state index >= 15 is 0 Å². The molecule has 0 aliphatic heterocycles. The predicted octanol–water partition coefficient (Wildman–Crippen LogP) is 5.74. The topological polar surface area (TPSA) is 154 Å². The van der Waals surface area contributed by atoms with Gasteiger partial charge in [0.15, 0.2) is 0 Å². The van der Waals surface area contributed by atoms with Crippen molar-refractivity contribution in [1.82, 2.24) is 20.6 Å². The highest BCUT2D eigenvalue weighted by atomic mass is 16.5. The lowest BCUT2D eigenvalue weighted by molar-refractivity contribution is -0.137. The minimum Gasteiger partial charge on any atom is -0.463 e. The second kappa shape index (κ2) is 15.4. The lowest BCUT2D eigenvalue weighted by Gasteiger charge is -2.46. The van der Waals surface area contributed by atoms with E-state index < -0.39 is 6.03 Å². The van der Waals surface area contributed by atoms with Crippen LogP contribution in [0, 0.1) is 17.8 Å². The number of nitrogens with zero attached hydrogens (tertiary/aromatic N) is 1.